The Kier molecular flexibility index (Phi) is 6.51. The molecular formula is C20H21FN6O2. The van der Waals surface area contributed by atoms with Gasteiger partial charge in [-0.3, -0.25) is 14.7 Å². The van der Waals surface area contributed by atoms with E-state index < -0.39 is 5.91 Å². The van der Waals surface area contributed by atoms with E-state index in [1.54, 1.807) is 30.6 Å². The summed E-state index contributed by atoms with van der Waals surface area (Å²) in [5.41, 5.74) is 2.54. The summed E-state index contributed by atoms with van der Waals surface area (Å²) in [6.07, 6.45) is 3.88. The van der Waals surface area contributed by atoms with Crippen molar-refractivity contribution in [1.29, 1.82) is 0 Å². The van der Waals surface area contributed by atoms with Gasteiger partial charge in [0, 0.05) is 25.4 Å². The molecule has 2 aromatic heterocycles. The summed E-state index contributed by atoms with van der Waals surface area (Å²) in [4.78, 5) is 28.4. The molecule has 0 spiro atoms. The van der Waals surface area contributed by atoms with Gasteiger partial charge in [-0.05, 0) is 36.2 Å². The number of hydrogen-bond donors (Lipinski definition) is 4. The summed E-state index contributed by atoms with van der Waals surface area (Å²) in [5, 5.41) is 14.8. The first-order valence-electron chi connectivity index (χ1n) is 9.04. The van der Waals surface area contributed by atoms with E-state index in [0.717, 1.165) is 11.1 Å². The molecule has 2 amide bonds. The summed E-state index contributed by atoms with van der Waals surface area (Å²) in [5.74, 6) is -0.651. The maximum atomic E-state index is 13.3. The van der Waals surface area contributed by atoms with Gasteiger partial charge in [0.1, 0.15) is 11.6 Å². The van der Waals surface area contributed by atoms with Crippen LogP contribution in [0.2, 0.25) is 0 Å². The van der Waals surface area contributed by atoms with E-state index in [4.69, 9.17) is 0 Å². The molecule has 29 heavy (non-hydrogen) atoms. The maximum Gasteiger partial charge on any atom is 0.255 e. The van der Waals surface area contributed by atoms with Crippen LogP contribution >= 0.6 is 0 Å². The minimum absolute atomic E-state index is 0.137. The molecule has 0 aliphatic rings. The molecule has 0 radical (unpaired) electrons. The van der Waals surface area contributed by atoms with Gasteiger partial charge >= 0.3 is 0 Å². The number of carbonyl (C=O) groups excluding carboxylic acids is 2. The highest BCUT2D eigenvalue weighted by molar-refractivity contribution is 6.00. The van der Waals surface area contributed by atoms with Gasteiger partial charge in [-0.15, -0.1) is 0 Å². The van der Waals surface area contributed by atoms with Gasteiger partial charge in [-0.2, -0.15) is 5.10 Å². The summed E-state index contributed by atoms with van der Waals surface area (Å²) >= 11 is 0. The fourth-order valence-corrected chi connectivity index (χ4v) is 2.69. The fourth-order valence-electron chi connectivity index (χ4n) is 2.69. The number of nitrogens with zero attached hydrogens (tertiary/aromatic N) is 2. The molecule has 150 valence electrons. The van der Waals surface area contributed by atoms with Crippen molar-refractivity contribution in [3.8, 4) is 11.3 Å². The third-order valence-electron chi connectivity index (χ3n) is 4.22. The predicted octanol–water partition coefficient (Wildman–Crippen LogP) is 1.74. The molecule has 2 heterocycles. The average Bonchev–Trinajstić information content (AvgIpc) is 3.26. The monoisotopic (exact) mass is 396 g/mol. The van der Waals surface area contributed by atoms with Crippen LogP contribution < -0.4 is 16.0 Å². The van der Waals surface area contributed by atoms with Crippen LogP contribution in [-0.4, -0.2) is 47.1 Å². The molecule has 0 unspecified atom stereocenters. The minimum Gasteiger partial charge on any atom is -0.369 e. The molecule has 8 nitrogen and oxygen atoms in total. The largest absolute Gasteiger partial charge is 0.369 e. The number of benzene rings is 1. The van der Waals surface area contributed by atoms with Gasteiger partial charge < -0.3 is 16.0 Å². The number of aromatic amines is 1. The van der Waals surface area contributed by atoms with E-state index in [9.17, 15) is 14.0 Å². The van der Waals surface area contributed by atoms with Gasteiger partial charge in [0.05, 0.1) is 24.0 Å². The second kappa shape index (κ2) is 9.45. The van der Waals surface area contributed by atoms with Gasteiger partial charge in [0.25, 0.3) is 5.91 Å². The number of aromatic nitrogens is 3. The lowest BCUT2D eigenvalue weighted by molar-refractivity contribution is -0.119. The van der Waals surface area contributed by atoms with Crippen LogP contribution in [0.25, 0.3) is 11.3 Å². The topological polar surface area (TPSA) is 112 Å². The van der Waals surface area contributed by atoms with Crippen LogP contribution in [0.1, 0.15) is 15.9 Å². The lowest BCUT2D eigenvalue weighted by atomic mass is 10.1. The Morgan fingerprint density at radius 2 is 2.07 bits per heavy atom. The lowest BCUT2D eigenvalue weighted by Crippen LogP contribution is -2.35. The Balaban J connectivity index is 1.77. The number of H-pyrrole nitrogens is 1. The van der Waals surface area contributed by atoms with E-state index in [2.05, 4.69) is 31.1 Å². The Labute approximate surface area is 166 Å². The molecular weight excluding hydrogens is 375 g/mol. The molecule has 0 atom stereocenters. The van der Waals surface area contributed by atoms with E-state index in [1.165, 1.54) is 19.2 Å². The van der Waals surface area contributed by atoms with Crippen LogP contribution in [0.3, 0.4) is 0 Å². The zero-order valence-electron chi connectivity index (χ0n) is 15.8. The van der Waals surface area contributed by atoms with Crippen molar-refractivity contribution in [2.24, 2.45) is 0 Å². The number of nitrogens with one attached hydrogen (secondary N) is 4. The Bertz CT molecular complexity index is 990. The molecule has 0 aliphatic heterocycles. The van der Waals surface area contributed by atoms with E-state index >= 15 is 0 Å². The normalized spacial score (nSPS) is 10.4. The van der Waals surface area contributed by atoms with Crippen LogP contribution in [0.15, 0.2) is 48.8 Å². The number of pyridine rings is 1. The first-order chi connectivity index (χ1) is 14.1. The zero-order chi connectivity index (χ0) is 20.6. The highest BCUT2D eigenvalue weighted by atomic mass is 19.1. The summed E-state index contributed by atoms with van der Waals surface area (Å²) in [7, 11) is 1.50. The number of rotatable bonds is 8. The highest BCUT2D eigenvalue weighted by Gasteiger charge is 2.15. The minimum atomic E-state index is -0.423. The maximum absolute atomic E-state index is 13.3. The summed E-state index contributed by atoms with van der Waals surface area (Å²) < 4.78 is 13.3. The third kappa shape index (κ3) is 5.38. The van der Waals surface area contributed by atoms with Gasteiger partial charge in [0.2, 0.25) is 5.91 Å². The molecule has 0 fully saturated rings. The first-order valence-corrected chi connectivity index (χ1v) is 9.04. The average molecular weight is 396 g/mol. The smallest absolute Gasteiger partial charge is 0.255 e. The van der Waals surface area contributed by atoms with Gasteiger partial charge in [0.15, 0.2) is 0 Å². The number of halogens is 1. The molecule has 3 rings (SSSR count). The van der Waals surface area contributed by atoms with E-state index in [-0.39, 0.29) is 18.3 Å². The molecule has 0 bridgehead atoms. The standard InChI is InChI=1S/C20H21FN6O2/c1-22-18(28)12-24-20(29)16-5-6-17(14-10-25-26-11-14)27-19(16)23-8-7-13-3-2-4-15(21)9-13/h2-6,9-11H,7-8,12H2,1H3,(H,22,28)(H,23,27)(H,24,29)(H,25,26). The number of amides is 2. The summed E-state index contributed by atoms with van der Waals surface area (Å²) in [6.45, 7) is 0.308. The highest BCUT2D eigenvalue weighted by Crippen LogP contribution is 2.21. The van der Waals surface area contributed by atoms with E-state index in [0.29, 0.717) is 30.0 Å². The van der Waals surface area contributed by atoms with Crippen LogP contribution in [-0.2, 0) is 11.2 Å². The quantitative estimate of drug-likeness (QED) is 0.463. The first kappa shape index (κ1) is 20.0. The molecule has 1 aromatic carbocycles. The fraction of sp³-hybridized carbons (Fsp3) is 0.200. The van der Waals surface area contributed by atoms with Crippen molar-refractivity contribution in [2.75, 3.05) is 25.5 Å². The SMILES string of the molecule is CNC(=O)CNC(=O)c1ccc(-c2cn[nH]c2)nc1NCCc1cccc(F)c1. The number of likely N-dealkylation sites (N-methyl/N-ethyl adjacent to an activating group) is 1. The molecule has 0 aliphatic carbocycles. The molecule has 0 saturated carbocycles. The summed E-state index contributed by atoms with van der Waals surface area (Å²) in [6, 6.07) is 9.68. The van der Waals surface area contributed by atoms with Crippen molar-refractivity contribution in [2.45, 2.75) is 6.42 Å². The number of hydrogen-bond acceptors (Lipinski definition) is 5. The van der Waals surface area contributed by atoms with Crippen molar-refractivity contribution in [1.82, 2.24) is 25.8 Å². The third-order valence-corrected chi connectivity index (χ3v) is 4.22. The Hall–Kier alpha value is -3.75. The van der Waals surface area contributed by atoms with E-state index in [1.807, 2.05) is 6.07 Å². The van der Waals surface area contributed by atoms with Crippen molar-refractivity contribution in [3.63, 3.8) is 0 Å². The number of anilines is 1. The van der Waals surface area contributed by atoms with Gasteiger partial charge in [-0.25, -0.2) is 9.37 Å². The molecule has 4 N–H and O–H groups in total. The Morgan fingerprint density at radius 3 is 2.79 bits per heavy atom. The van der Waals surface area contributed by atoms with Crippen molar-refractivity contribution in [3.05, 3.63) is 65.7 Å². The molecule has 3 aromatic rings. The second-order valence-corrected chi connectivity index (χ2v) is 6.24. The molecule has 0 saturated heterocycles. The zero-order valence-corrected chi connectivity index (χ0v) is 15.8. The van der Waals surface area contributed by atoms with Crippen molar-refractivity contribution >= 4 is 17.6 Å². The molecule has 9 heteroatoms. The second-order valence-electron chi connectivity index (χ2n) is 6.24. The Morgan fingerprint density at radius 1 is 1.21 bits per heavy atom. The van der Waals surface area contributed by atoms with Crippen LogP contribution in [0.5, 0.6) is 0 Å². The predicted molar refractivity (Wildman–Crippen MR) is 107 cm³/mol. The van der Waals surface area contributed by atoms with Crippen molar-refractivity contribution < 1.29 is 14.0 Å². The van der Waals surface area contributed by atoms with Gasteiger partial charge in [-0.1, -0.05) is 12.1 Å². The van der Waals surface area contributed by atoms with Crippen LogP contribution in [0.4, 0.5) is 10.2 Å². The number of carbonyl (C=O) groups is 2. The lowest BCUT2D eigenvalue weighted by Gasteiger charge is -2.13. The van der Waals surface area contributed by atoms with Crippen LogP contribution in [0, 0.1) is 5.82 Å².